The molecule has 1 aromatic carbocycles. The molecule has 2 aliphatic carbocycles. The molecule has 1 amide bonds. The van der Waals surface area contributed by atoms with Crippen molar-refractivity contribution in [1.29, 1.82) is 0 Å². The van der Waals surface area contributed by atoms with Crippen molar-refractivity contribution in [2.75, 3.05) is 12.4 Å². The van der Waals surface area contributed by atoms with Crippen LogP contribution in [0.3, 0.4) is 0 Å². The number of carbonyl (C=O) groups excluding carboxylic acids is 1. The average Bonchev–Trinajstić information content (AvgIpc) is 3.31. The number of hydrogen-bond acceptors (Lipinski definition) is 4. The normalized spacial score (nSPS) is 25.0. The Bertz CT molecular complexity index is 742. The van der Waals surface area contributed by atoms with Gasteiger partial charge in [-0.15, -0.1) is 5.10 Å². The fraction of sp³-hybridized carbons (Fsp3) is 0.500. The van der Waals surface area contributed by atoms with Crippen LogP contribution in [0.15, 0.2) is 24.3 Å². The number of nitrogens with zero attached hydrogens (tertiary/aromatic N) is 2. The van der Waals surface area contributed by atoms with Crippen molar-refractivity contribution >= 4 is 11.9 Å². The molecule has 24 heavy (non-hydrogen) atoms. The SMILES string of the molecule is COc1ccccc1-c1nc(NC(=O)C[C@@H]2C[C@H]3CC[C@H]2C3)n[nH]1. The molecule has 3 atom stereocenters. The monoisotopic (exact) mass is 326 g/mol. The van der Waals surface area contributed by atoms with Gasteiger partial charge >= 0.3 is 0 Å². The predicted molar refractivity (Wildman–Crippen MR) is 90.6 cm³/mol. The molecule has 0 spiro atoms. The molecule has 126 valence electrons. The maximum atomic E-state index is 12.3. The summed E-state index contributed by atoms with van der Waals surface area (Å²) in [7, 11) is 1.62. The van der Waals surface area contributed by atoms with E-state index in [0.717, 1.165) is 17.4 Å². The van der Waals surface area contributed by atoms with Gasteiger partial charge in [0.05, 0.1) is 12.7 Å². The fourth-order valence-electron chi connectivity index (χ4n) is 4.32. The number of hydrogen-bond donors (Lipinski definition) is 2. The van der Waals surface area contributed by atoms with Gasteiger partial charge in [0.15, 0.2) is 5.82 Å². The van der Waals surface area contributed by atoms with Crippen LogP contribution in [0.25, 0.3) is 11.4 Å². The number of benzene rings is 1. The van der Waals surface area contributed by atoms with Crippen molar-refractivity contribution in [3.63, 3.8) is 0 Å². The highest BCUT2D eigenvalue weighted by atomic mass is 16.5. The molecule has 1 aromatic heterocycles. The third-order valence-electron chi connectivity index (χ3n) is 5.43. The van der Waals surface area contributed by atoms with Crippen molar-refractivity contribution in [2.45, 2.75) is 32.1 Å². The first-order valence-electron chi connectivity index (χ1n) is 8.58. The quantitative estimate of drug-likeness (QED) is 0.884. The molecule has 0 unspecified atom stereocenters. The Morgan fingerprint density at radius 3 is 2.96 bits per heavy atom. The van der Waals surface area contributed by atoms with Crippen LogP contribution >= 0.6 is 0 Å². The molecule has 0 aliphatic heterocycles. The molecule has 0 radical (unpaired) electrons. The molecule has 1 heterocycles. The van der Waals surface area contributed by atoms with Gasteiger partial charge in [-0.2, -0.15) is 4.98 Å². The minimum atomic E-state index is 0.0122. The van der Waals surface area contributed by atoms with E-state index < -0.39 is 0 Å². The van der Waals surface area contributed by atoms with E-state index in [9.17, 15) is 4.79 Å². The van der Waals surface area contributed by atoms with Crippen molar-refractivity contribution in [3.8, 4) is 17.1 Å². The fourth-order valence-corrected chi connectivity index (χ4v) is 4.32. The second-order valence-corrected chi connectivity index (χ2v) is 6.90. The second-order valence-electron chi connectivity index (χ2n) is 6.90. The number of aromatic amines is 1. The van der Waals surface area contributed by atoms with Gasteiger partial charge in [-0.05, 0) is 49.1 Å². The zero-order valence-corrected chi connectivity index (χ0v) is 13.8. The van der Waals surface area contributed by atoms with E-state index in [1.54, 1.807) is 7.11 Å². The summed E-state index contributed by atoms with van der Waals surface area (Å²) >= 11 is 0. The summed E-state index contributed by atoms with van der Waals surface area (Å²) in [6, 6.07) is 7.58. The lowest BCUT2D eigenvalue weighted by Crippen LogP contribution is -2.20. The highest BCUT2D eigenvalue weighted by Crippen LogP contribution is 2.49. The summed E-state index contributed by atoms with van der Waals surface area (Å²) in [5, 5.41) is 9.80. The van der Waals surface area contributed by atoms with Crippen molar-refractivity contribution in [1.82, 2.24) is 15.2 Å². The van der Waals surface area contributed by atoms with Crippen molar-refractivity contribution in [2.24, 2.45) is 17.8 Å². The highest BCUT2D eigenvalue weighted by Gasteiger charge is 2.40. The van der Waals surface area contributed by atoms with E-state index >= 15 is 0 Å². The minimum absolute atomic E-state index is 0.0122. The number of anilines is 1. The molecule has 2 aromatic rings. The number of ether oxygens (including phenoxy) is 1. The summed E-state index contributed by atoms with van der Waals surface area (Å²) in [4.78, 5) is 16.7. The highest BCUT2D eigenvalue weighted by molar-refractivity contribution is 5.89. The van der Waals surface area contributed by atoms with Gasteiger partial charge in [-0.3, -0.25) is 15.2 Å². The number of nitrogens with one attached hydrogen (secondary N) is 2. The van der Waals surface area contributed by atoms with Crippen LogP contribution in [-0.4, -0.2) is 28.2 Å². The molecule has 2 fully saturated rings. The third-order valence-corrected chi connectivity index (χ3v) is 5.43. The Kier molecular flexibility index (Phi) is 3.96. The number of H-pyrrole nitrogens is 1. The van der Waals surface area contributed by atoms with Crippen LogP contribution in [0.1, 0.15) is 32.1 Å². The van der Waals surface area contributed by atoms with Gasteiger partial charge in [0.25, 0.3) is 0 Å². The zero-order chi connectivity index (χ0) is 16.5. The Labute approximate surface area is 141 Å². The van der Waals surface area contributed by atoms with E-state index in [1.807, 2.05) is 24.3 Å². The number of carbonyl (C=O) groups is 1. The predicted octanol–water partition coefficient (Wildman–Crippen LogP) is 3.25. The number of amides is 1. The molecule has 4 rings (SSSR count). The molecule has 2 aliphatic rings. The number of rotatable bonds is 5. The first-order valence-corrected chi connectivity index (χ1v) is 8.58. The molecule has 2 N–H and O–H groups in total. The lowest BCUT2D eigenvalue weighted by molar-refractivity contribution is -0.117. The summed E-state index contributed by atoms with van der Waals surface area (Å²) in [5.41, 5.74) is 0.820. The summed E-state index contributed by atoms with van der Waals surface area (Å²) in [5.74, 6) is 3.78. The maximum absolute atomic E-state index is 12.3. The van der Waals surface area contributed by atoms with Crippen LogP contribution in [0.5, 0.6) is 5.75 Å². The molecule has 0 saturated heterocycles. The Hall–Kier alpha value is -2.37. The van der Waals surface area contributed by atoms with Gasteiger partial charge in [0.1, 0.15) is 5.75 Å². The number of aromatic nitrogens is 3. The van der Waals surface area contributed by atoms with Gasteiger partial charge in [0.2, 0.25) is 11.9 Å². The Balaban J connectivity index is 1.41. The van der Waals surface area contributed by atoms with E-state index in [4.69, 9.17) is 4.74 Å². The van der Waals surface area contributed by atoms with Crippen LogP contribution in [0.4, 0.5) is 5.95 Å². The third kappa shape index (κ3) is 2.88. The molecule has 6 nitrogen and oxygen atoms in total. The van der Waals surface area contributed by atoms with Crippen LogP contribution in [-0.2, 0) is 4.79 Å². The van der Waals surface area contributed by atoms with Crippen LogP contribution in [0.2, 0.25) is 0 Å². The summed E-state index contributed by atoms with van der Waals surface area (Å²) in [6.45, 7) is 0. The smallest absolute Gasteiger partial charge is 0.249 e. The van der Waals surface area contributed by atoms with Crippen molar-refractivity contribution < 1.29 is 9.53 Å². The van der Waals surface area contributed by atoms with E-state index in [2.05, 4.69) is 20.5 Å². The molecule has 6 heteroatoms. The van der Waals surface area contributed by atoms with E-state index in [1.165, 1.54) is 25.7 Å². The Morgan fingerprint density at radius 1 is 1.33 bits per heavy atom. The number of fused-ring (bicyclic) bond motifs is 2. The molecular formula is C18H22N4O2. The van der Waals surface area contributed by atoms with Gasteiger partial charge in [-0.25, -0.2) is 0 Å². The van der Waals surface area contributed by atoms with Gasteiger partial charge in [0, 0.05) is 6.42 Å². The maximum Gasteiger partial charge on any atom is 0.249 e. The molecule has 2 saturated carbocycles. The molecule has 2 bridgehead atoms. The minimum Gasteiger partial charge on any atom is -0.496 e. The largest absolute Gasteiger partial charge is 0.496 e. The number of para-hydroxylation sites is 1. The summed E-state index contributed by atoms with van der Waals surface area (Å²) in [6.07, 6.45) is 5.75. The van der Waals surface area contributed by atoms with E-state index in [0.29, 0.717) is 29.9 Å². The first-order chi connectivity index (χ1) is 11.7. The molecular weight excluding hydrogens is 304 g/mol. The van der Waals surface area contributed by atoms with Crippen molar-refractivity contribution in [3.05, 3.63) is 24.3 Å². The topological polar surface area (TPSA) is 79.9 Å². The average molecular weight is 326 g/mol. The lowest BCUT2D eigenvalue weighted by Gasteiger charge is -2.20. The summed E-state index contributed by atoms with van der Waals surface area (Å²) < 4.78 is 5.33. The van der Waals surface area contributed by atoms with Gasteiger partial charge in [-0.1, -0.05) is 18.6 Å². The standard InChI is InChI=1S/C18H22N4O2/c1-24-15-5-3-2-4-14(15)17-20-18(22-21-17)19-16(23)10-13-9-11-6-7-12(13)8-11/h2-5,11-13H,6-10H2,1H3,(H2,19,20,21,22,23)/t11-,12-,13-/m0/s1. The first kappa shape index (κ1) is 15.2. The second kappa shape index (κ2) is 6.26. The van der Waals surface area contributed by atoms with E-state index in [-0.39, 0.29) is 5.91 Å². The number of methoxy groups -OCH3 is 1. The lowest BCUT2D eigenvalue weighted by atomic mass is 9.86. The zero-order valence-electron chi connectivity index (χ0n) is 13.8. The van der Waals surface area contributed by atoms with Crippen LogP contribution < -0.4 is 10.1 Å². The van der Waals surface area contributed by atoms with Crippen LogP contribution in [0, 0.1) is 17.8 Å². The van der Waals surface area contributed by atoms with Gasteiger partial charge < -0.3 is 4.74 Å². The Morgan fingerprint density at radius 2 is 2.21 bits per heavy atom.